The third-order valence-corrected chi connectivity index (χ3v) is 7.88. The maximum atomic E-state index is 13.9. The number of amides is 4. The number of nitrogens with two attached hydrogens (primary N) is 1. The van der Waals surface area contributed by atoms with Crippen molar-refractivity contribution in [1.82, 2.24) is 15.1 Å². The van der Waals surface area contributed by atoms with E-state index in [4.69, 9.17) is 10.5 Å². The highest BCUT2D eigenvalue weighted by Gasteiger charge is 2.50. The molecule has 4 amide bonds. The van der Waals surface area contributed by atoms with Crippen LogP contribution in [0.25, 0.3) is 0 Å². The second-order valence-corrected chi connectivity index (χ2v) is 10.2. The van der Waals surface area contributed by atoms with Crippen molar-refractivity contribution in [3.8, 4) is 0 Å². The van der Waals surface area contributed by atoms with Gasteiger partial charge in [0.1, 0.15) is 11.9 Å². The average molecular weight is 531 g/mol. The Bertz CT molecular complexity index is 1220. The van der Waals surface area contributed by atoms with Gasteiger partial charge in [0.15, 0.2) is 11.6 Å². The van der Waals surface area contributed by atoms with E-state index < -0.39 is 41.8 Å². The van der Waals surface area contributed by atoms with Crippen LogP contribution in [-0.4, -0.2) is 59.1 Å². The summed E-state index contributed by atoms with van der Waals surface area (Å²) in [6.45, 7) is 1.37. The monoisotopic (exact) mass is 530 g/mol. The molecule has 2 saturated heterocycles. The van der Waals surface area contributed by atoms with Crippen molar-refractivity contribution in [2.45, 2.75) is 62.3 Å². The lowest BCUT2D eigenvalue weighted by Crippen LogP contribution is -2.48. The van der Waals surface area contributed by atoms with Gasteiger partial charge in [-0.2, -0.15) is 0 Å². The minimum Gasteiger partial charge on any atom is -0.433 e. The Balaban J connectivity index is 1.21. The summed E-state index contributed by atoms with van der Waals surface area (Å²) < 4.78 is 45.7. The second kappa shape index (κ2) is 10.6. The number of benzene rings is 2. The van der Waals surface area contributed by atoms with Crippen molar-refractivity contribution in [1.29, 1.82) is 0 Å². The highest BCUT2D eigenvalue weighted by Crippen LogP contribution is 2.37. The number of likely N-dealkylation sites (tertiary alicyclic amines) is 1. The number of ether oxygens (including phenoxy) is 1. The average Bonchev–Trinajstić information content (AvgIpc) is 3.50. The van der Waals surface area contributed by atoms with E-state index in [1.165, 1.54) is 18.2 Å². The molecule has 2 heterocycles. The molecule has 5 rings (SSSR count). The summed E-state index contributed by atoms with van der Waals surface area (Å²) in [7, 11) is 0. The van der Waals surface area contributed by atoms with E-state index in [-0.39, 0.29) is 17.4 Å². The fraction of sp³-hybridized carbons (Fsp3) is 0.444. The van der Waals surface area contributed by atoms with Crippen LogP contribution in [0.3, 0.4) is 0 Å². The molecule has 2 aromatic rings. The van der Waals surface area contributed by atoms with Crippen molar-refractivity contribution < 1.29 is 32.3 Å². The number of hydrogen-bond donors (Lipinski definition) is 2. The van der Waals surface area contributed by atoms with Crippen LogP contribution >= 0.6 is 0 Å². The van der Waals surface area contributed by atoms with Gasteiger partial charge in [0.25, 0.3) is 5.91 Å². The Morgan fingerprint density at radius 3 is 2.26 bits per heavy atom. The van der Waals surface area contributed by atoms with Crippen LogP contribution in [0.4, 0.5) is 22.8 Å². The smallest absolute Gasteiger partial charge is 0.419 e. The maximum Gasteiger partial charge on any atom is 0.419 e. The van der Waals surface area contributed by atoms with Crippen molar-refractivity contribution in [3.05, 3.63) is 71.0 Å². The first-order valence-electron chi connectivity index (χ1n) is 12.8. The number of hydrogen-bond acceptors (Lipinski definition) is 5. The molecule has 1 saturated carbocycles. The standard InChI is InChI=1S/C27H29F3N4O4/c28-18-6-1-15(2-7-18)16-3-8-20(9-4-16)33-12-11-19(14-33)32-26(36)34-23(24(25(31)35)38-27(34)37)17-5-10-21(29)22(30)13-17/h1-2,5-7,10,13,16,19-20,23-24H,3-4,8-9,11-12,14H2,(H2,31,35)(H,32,36)/t16-,19-,20-,23+,24-/m1/s1. The van der Waals surface area contributed by atoms with Crippen molar-refractivity contribution in [2.75, 3.05) is 13.1 Å². The molecule has 8 nitrogen and oxygen atoms in total. The third-order valence-electron chi connectivity index (χ3n) is 7.88. The Morgan fingerprint density at radius 1 is 0.921 bits per heavy atom. The Hall–Kier alpha value is -3.60. The largest absolute Gasteiger partial charge is 0.433 e. The summed E-state index contributed by atoms with van der Waals surface area (Å²) in [5.41, 5.74) is 6.54. The van der Waals surface area contributed by atoms with Crippen LogP contribution in [-0.2, 0) is 9.53 Å². The molecule has 202 valence electrons. The second-order valence-electron chi connectivity index (χ2n) is 10.2. The Morgan fingerprint density at radius 2 is 1.61 bits per heavy atom. The minimum absolute atomic E-state index is 0.0136. The van der Waals surface area contributed by atoms with Gasteiger partial charge < -0.3 is 15.8 Å². The fourth-order valence-electron chi connectivity index (χ4n) is 5.91. The van der Waals surface area contributed by atoms with Gasteiger partial charge in [-0.1, -0.05) is 18.2 Å². The van der Waals surface area contributed by atoms with Gasteiger partial charge in [0.05, 0.1) is 0 Å². The van der Waals surface area contributed by atoms with Crippen molar-refractivity contribution in [2.24, 2.45) is 5.73 Å². The number of nitrogens with one attached hydrogen (secondary N) is 1. The van der Waals surface area contributed by atoms with Crippen molar-refractivity contribution >= 4 is 18.0 Å². The van der Waals surface area contributed by atoms with E-state index in [1.54, 1.807) is 0 Å². The number of urea groups is 1. The van der Waals surface area contributed by atoms with Crippen LogP contribution in [0, 0.1) is 17.5 Å². The predicted molar refractivity (Wildman–Crippen MR) is 130 cm³/mol. The van der Waals surface area contributed by atoms with Gasteiger partial charge in [-0.3, -0.25) is 9.69 Å². The predicted octanol–water partition coefficient (Wildman–Crippen LogP) is 3.96. The number of imide groups is 1. The molecule has 2 aliphatic heterocycles. The molecule has 3 atom stereocenters. The zero-order chi connectivity index (χ0) is 27.0. The Kier molecular flexibility index (Phi) is 7.29. The van der Waals surface area contributed by atoms with Gasteiger partial charge in [-0.05, 0) is 73.4 Å². The summed E-state index contributed by atoms with van der Waals surface area (Å²) >= 11 is 0. The zero-order valence-corrected chi connectivity index (χ0v) is 20.6. The van der Waals surface area contributed by atoms with Gasteiger partial charge in [0.2, 0.25) is 6.10 Å². The quantitative estimate of drug-likeness (QED) is 0.609. The summed E-state index contributed by atoms with van der Waals surface area (Å²) in [4.78, 5) is 40.7. The van der Waals surface area contributed by atoms with E-state index in [0.29, 0.717) is 29.8 Å². The van der Waals surface area contributed by atoms with Gasteiger partial charge in [-0.15, -0.1) is 0 Å². The van der Waals surface area contributed by atoms with Crippen molar-refractivity contribution in [3.63, 3.8) is 0 Å². The number of halogens is 3. The van der Waals surface area contributed by atoms with Crippen LogP contribution in [0.1, 0.15) is 55.2 Å². The van der Waals surface area contributed by atoms with E-state index in [1.807, 2.05) is 12.1 Å². The molecule has 0 radical (unpaired) electrons. The molecular weight excluding hydrogens is 501 g/mol. The molecule has 0 unspecified atom stereocenters. The van der Waals surface area contributed by atoms with Crippen LogP contribution in [0.15, 0.2) is 42.5 Å². The molecule has 2 aromatic carbocycles. The minimum atomic E-state index is -1.53. The first-order valence-corrected chi connectivity index (χ1v) is 12.8. The van der Waals surface area contributed by atoms with E-state index in [0.717, 1.165) is 49.9 Å². The van der Waals surface area contributed by atoms with Gasteiger partial charge in [0, 0.05) is 25.2 Å². The molecule has 0 bridgehead atoms. The van der Waals surface area contributed by atoms with E-state index >= 15 is 0 Å². The normalized spacial score (nSPS) is 27.8. The lowest BCUT2D eigenvalue weighted by atomic mass is 9.81. The van der Waals surface area contributed by atoms with Crippen LogP contribution in [0.5, 0.6) is 0 Å². The van der Waals surface area contributed by atoms with E-state index in [9.17, 15) is 27.6 Å². The molecule has 0 aromatic heterocycles. The molecule has 3 N–H and O–H groups in total. The lowest BCUT2D eigenvalue weighted by molar-refractivity contribution is -0.125. The first-order chi connectivity index (χ1) is 18.2. The van der Waals surface area contributed by atoms with Crippen LogP contribution < -0.4 is 11.1 Å². The highest BCUT2D eigenvalue weighted by molar-refractivity contribution is 5.97. The number of carbonyl (C=O) groups is 3. The molecule has 3 fully saturated rings. The third kappa shape index (κ3) is 5.20. The molecular formula is C27H29F3N4O4. The molecule has 11 heteroatoms. The zero-order valence-electron chi connectivity index (χ0n) is 20.6. The number of rotatable bonds is 5. The maximum absolute atomic E-state index is 13.9. The number of primary amides is 1. The molecule has 0 spiro atoms. The SMILES string of the molecule is NC(=O)[C@@H]1OC(=O)N(C(=O)N[C@@H]2CCN([C@H]3CC[C@H](c4ccc(F)cc4)CC3)C2)[C@H]1c1ccc(F)c(F)c1. The number of carbonyl (C=O) groups excluding carboxylic acids is 3. The summed E-state index contributed by atoms with van der Waals surface area (Å²) in [6.07, 6.45) is 2.01. The summed E-state index contributed by atoms with van der Waals surface area (Å²) in [5, 5.41) is 2.83. The molecule has 3 aliphatic rings. The first kappa shape index (κ1) is 26.0. The Labute approximate surface area is 217 Å². The van der Waals surface area contributed by atoms with Gasteiger partial charge >= 0.3 is 12.1 Å². The lowest BCUT2D eigenvalue weighted by Gasteiger charge is -2.35. The fourth-order valence-corrected chi connectivity index (χ4v) is 5.91. The number of cyclic esters (lactones) is 1. The highest BCUT2D eigenvalue weighted by atomic mass is 19.2. The van der Waals surface area contributed by atoms with Gasteiger partial charge in [-0.25, -0.2) is 27.7 Å². The molecule has 38 heavy (non-hydrogen) atoms. The topological polar surface area (TPSA) is 105 Å². The molecule has 1 aliphatic carbocycles. The van der Waals surface area contributed by atoms with Crippen LogP contribution in [0.2, 0.25) is 0 Å². The van der Waals surface area contributed by atoms with E-state index in [2.05, 4.69) is 10.2 Å². The summed E-state index contributed by atoms with van der Waals surface area (Å²) in [5.74, 6) is -3.14. The summed E-state index contributed by atoms with van der Waals surface area (Å²) in [6, 6.07) is 7.53. The number of nitrogens with zero attached hydrogens (tertiary/aromatic N) is 2.